The monoisotopic (exact) mass is 323 g/mol. The summed E-state index contributed by atoms with van der Waals surface area (Å²) < 4.78 is 0. The fourth-order valence-corrected chi connectivity index (χ4v) is 2.58. The molecule has 0 unspecified atom stereocenters. The summed E-state index contributed by atoms with van der Waals surface area (Å²) in [5.74, 6) is -0.527. The van der Waals surface area contributed by atoms with Crippen molar-refractivity contribution in [3.63, 3.8) is 0 Å². The van der Waals surface area contributed by atoms with E-state index in [1.807, 2.05) is 18.4 Å². The molecule has 0 atom stereocenters. The highest BCUT2D eigenvalue weighted by Gasteiger charge is 2.14. The molecule has 1 heterocycles. The quantitative estimate of drug-likeness (QED) is 0.531. The molecule has 2 aromatic rings. The molecule has 1 aromatic carbocycles. The molecule has 0 fully saturated rings. The van der Waals surface area contributed by atoms with Crippen LogP contribution in [0.4, 0.5) is 5.69 Å². The summed E-state index contributed by atoms with van der Waals surface area (Å²) in [6.45, 7) is 1.94. The molecule has 2 rings (SSSR count). The largest absolute Gasteiger partial charge is 0.272 e. The number of carbonyl (C=O) groups excluding carboxylic acids is 1. The van der Waals surface area contributed by atoms with Gasteiger partial charge in [-0.3, -0.25) is 14.9 Å². The third kappa shape index (κ3) is 3.65. The van der Waals surface area contributed by atoms with Crippen LogP contribution in [0, 0.1) is 17.0 Å². The molecule has 108 valence electrons. The van der Waals surface area contributed by atoms with Crippen molar-refractivity contribution in [3.05, 3.63) is 60.8 Å². The summed E-state index contributed by atoms with van der Waals surface area (Å²) in [4.78, 5) is 22.8. The van der Waals surface area contributed by atoms with E-state index in [1.165, 1.54) is 29.7 Å². The van der Waals surface area contributed by atoms with Gasteiger partial charge in [-0.05, 0) is 30.0 Å². The Labute approximate surface area is 129 Å². The summed E-state index contributed by atoms with van der Waals surface area (Å²) in [6.07, 6.45) is 1.54. The van der Waals surface area contributed by atoms with Crippen molar-refractivity contribution in [3.8, 4) is 0 Å². The summed E-state index contributed by atoms with van der Waals surface area (Å²) in [7, 11) is 0. The van der Waals surface area contributed by atoms with E-state index in [2.05, 4.69) is 10.5 Å². The van der Waals surface area contributed by atoms with Crippen molar-refractivity contribution in [2.24, 2.45) is 5.10 Å². The number of amides is 1. The Morgan fingerprint density at radius 1 is 1.48 bits per heavy atom. The standard InChI is InChI=1S/C13H10ClN3O3S/c1-8-4-5-21-12(8)7-15-16-13(18)10-3-2-9(17(19)20)6-11(10)14/h2-7H,1H3,(H,16,18)/b15-7+. The van der Waals surface area contributed by atoms with Crippen LogP contribution in [-0.4, -0.2) is 17.0 Å². The number of hydrogen-bond acceptors (Lipinski definition) is 5. The van der Waals surface area contributed by atoms with E-state index in [4.69, 9.17) is 11.6 Å². The third-order valence-electron chi connectivity index (χ3n) is 2.66. The topological polar surface area (TPSA) is 84.6 Å². The molecule has 6 nitrogen and oxygen atoms in total. The van der Waals surface area contributed by atoms with E-state index in [9.17, 15) is 14.9 Å². The molecule has 0 spiro atoms. The van der Waals surface area contributed by atoms with Crippen molar-refractivity contribution < 1.29 is 9.72 Å². The molecule has 0 aliphatic carbocycles. The highest BCUT2D eigenvalue weighted by molar-refractivity contribution is 7.11. The first-order chi connectivity index (χ1) is 9.99. The van der Waals surface area contributed by atoms with Gasteiger partial charge in [-0.2, -0.15) is 5.10 Å². The number of hydrogen-bond donors (Lipinski definition) is 1. The van der Waals surface area contributed by atoms with Crippen LogP contribution in [0.3, 0.4) is 0 Å². The van der Waals surface area contributed by atoms with E-state index in [1.54, 1.807) is 0 Å². The lowest BCUT2D eigenvalue weighted by atomic mass is 10.2. The number of nitrogens with one attached hydrogen (secondary N) is 1. The molecule has 0 saturated heterocycles. The van der Waals surface area contributed by atoms with Crippen molar-refractivity contribution >= 4 is 40.7 Å². The number of aryl methyl sites for hydroxylation is 1. The maximum absolute atomic E-state index is 11.9. The number of nitro benzene ring substituents is 1. The van der Waals surface area contributed by atoms with Gasteiger partial charge in [0.15, 0.2) is 0 Å². The fraction of sp³-hybridized carbons (Fsp3) is 0.0769. The lowest BCUT2D eigenvalue weighted by Gasteiger charge is -2.02. The van der Waals surface area contributed by atoms with Gasteiger partial charge >= 0.3 is 0 Å². The van der Waals surface area contributed by atoms with E-state index >= 15 is 0 Å². The van der Waals surface area contributed by atoms with E-state index in [0.29, 0.717) is 0 Å². The number of halogens is 1. The number of thiophene rings is 1. The number of hydrazone groups is 1. The number of non-ortho nitro benzene ring substituents is 1. The minimum absolute atomic E-state index is 0.00389. The highest BCUT2D eigenvalue weighted by Crippen LogP contribution is 2.22. The van der Waals surface area contributed by atoms with Crippen LogP contribution >= 0.6 is 22.9 Å². The predicted octanol–water partition coefficient (Wildman–Crippen LogP) is 3.38. The lowest BCUT2D eigenvalue weighted by Crippen LogP contribution is -2.18. The highest BCUT2D eigenvalue weighted by atomic mass is 35.5. The fourth-order valence-electron chi connectivity index (χ4n) is 1.53. The van der Waals surface area contributed by atoms with Crippen LogP contribution in [0.25, 0.3) is 0 Å². The summed E-state index contributed by atoms with van der Waals surface area (Å²) in [5, 5.41) is 16.4. The van der Waals surface area contributed by atoms with Gasteiger partial charge in [-0.15, -0.1) is 11.3 Å². The van der Waals surface area contributed by atoms with E-state index < -0.39 is 10.8 Å². The molecular formula is C13H10ClN3O3S. The Morgan fingerprint density at radius 2 is 2.24 bits per heavy atom. The first-order valence-corrected chi connectivity index (χ1v) is 7.06. The number of benzene rings is 1. The molecule has 8 heteroatoms. The predicted molar refractivity (Wildman–Crippen MR) is 82.2 cm³/mol. The zero-order chi connectivity index (χ0) is 15.4. The van der Waals surface area contributed by atoms with E-state index in [-0.39, 0.29) is 16.3 Å². The second-order valence-corrected chi connectivity index (χ2v) is 5.44. The maximum atomic E-state index is 11.9. The molecule has 21 heavy (non-hydrogen) atoms. The maximum Gasteiger partial charge on any atom is 0.272 e. The Bertz CT molecular complexity index is 727. The SMILES string of the molecule is Cc1ccsc1/C=N/NC(=O)c1ccc([N+](=O)[O-])cc1Cl. The number of nitro groups is 1. The number of nitrogens with zero attached hydrogens (tertiary/aromatic N) is 2. The Morgan fingerprint density at radius 3 is 2.81 bits per heavy atom. The van der Waals surface area contributed by atoms with Crippen molar-refractivity contribution in [2.45, 2.75) is 6.92 Å². The van der Waals surface area contributed by atoms with Crippen molar-refractivity contribution in [1.29, 1.82) is 0 Å². The van der Waals surface area contributed by atoms with Crippen LogP contribution in [0.15, 0.2) is 34.7 Å². The molecule has 0 aliphatic heterocycles. The zero-order valence-corrected chi connectivity index (χ0v) is 12.4. The van der Waals surface area contributed by atoms with Crippen LogP contribution in [0.2, 0.25) is 5.02 Å². The van der Waals surface area contributed by atoms with Crippen LogP contribution in [0.1, 0.15) is 20.8 Å². The molecule has 0 saturated carbocycles. The Kier molecular flexibility index (Phi) is 4.66. The van der Waals surface area contributed by atoms with Crippen LogP contribution in [0.5, 0.6) is 0 Å². The van der Waals surface area contributed by atoms with Gasteiger partial charge in [0.1, 0.15) is 0 Å². The third-order valence-corrected chi connectivity index (χ3v) is 3.92. The van der Waals surface area contributed by atoms with Gasteiger partial charge in [0.05, 0.1) is 21.7 Å². The number of rotatable bonds is 4. The molecule has 1 aromatic heterocycles. The molecule has 0 radical (unpaired) electrons. The summed E-state index contributed by atoms with van der Waals surface area (Å²) in [5.41, 5.74) is 3.35. The molecule has 0 bridgehead atoms. The minimum atomic E-state index is -0.578. The lowest BCUT2D eigenvalue weighted by molar-refractivity contribution is -0.384. The average molecular weight is 324 g/mol. The second-order valence-electron chi connectivity index (χ2n) is 4.09. The second kappa shape index (κ2) is 6.47. The van der Waals surface area contributed by atoms with Crippen LogP contribution in [-0.2, 0) is 0 Å². The van der Waals surface area contributed by atoms with Gasteiger partial charge in [0.2, 0.25) is 0 Å². The first-order valence-electron chi connectivity index (χ1n) is 5.80. The summed E-state index contributed by atoms with van der Waals surface area (Å²) >= 11 is 7.36. The van der Waals surface area contributed by atoms with Gasteiger partial charge < -0.3 is 0 Å². The molecule has 1 amide bonds. The smallest absolute Gasteiger partial charge is 0.267 e. The molecular weight excluding hydrogens is 314 g/mol. The van der Waals surface area contributed by atoms with Gasteiger partial charge in [-0.25, -0.2) is 5.43 Å². The minimum Gasteiger partial charge on any atom is -0.267 e. The normalized spacial score (nSPS) is 10.8. The molecule has 1 N–H and O–H groups in total. The molecule has 0 aliphatic rings. The van der Waals surface area contributed by atoms with Crippen LogP contribution < -0.4 is 5.43 Å². The number of carbonyl (C=O) groups is 1. The summed E-state index contributed by atoms with van der Waals surface area (Å²) in [6, 6.07) is 5.58. The van der Waals surface area contributed by atoms with Gasteiger partial charge in [-0.1, -0.05) is 11.6 Å². The Balaban J connectivity index is 2.09. The van der Waals surface area contributed by atoms with Gasteiger partial charge in [0, 0.05) is 17.0 Å². The van der Waals surface area contributed by atoms with Gasteiger partial charge in [0.25, 0.3) is 11.6 Å². The Hall–Kier alpha value is -2.25. The average Bonchev–Trinajstić information content (AvgIpc) is 2.84. The zero-order valence-electron chi connectivity index (χ0n) is 10.9. The first kappa shape index (κ1) is 15.1. The van der Waals surface area contributed by atoms with Crippen molar-refractivity contribution in [1.82, 2.24) is 5.43 Å². The van der Waals surface area contributed by atoms with Crippen molar-refractivity contribution in [2.75, 3.05) is 0 Å². The van der Waals surface area contributed by atoms with E-state index in [0.717, 1.165) is 16.5 Å².